The van der Waals surface area contributed by atoms with Crippen molar-refractivity contribution in [1.82, 2.24) is 9.97 Å². The van der Waals surface area contributed by atoms with Crippen molar-refractivity contribution in [3.63, 3.8) is 0 Å². The Balaban J connectivity index is 2.09. The molecule has 4 N–H and O–H groups in total. The maximum Gasteiger partial charge on any atom is 0.253 e. The second-order valence-electron chi connectivity index (χ2n) is 3.43. The summed E-state index contributed by atoms with van der Waals surface area (Å²) in [6.45, 7) is 0. The highest BCUT2D eigenvalue weighted by Crippen LogP contribution is 2.20. The van der Waals surface area contributed by atoms with Gasteiger partial charge in [0.15, 0.2) is 5.16 Å². The third-order valence-corrected chi connectivity index (χ3v) is 2.97. The molecule has 0 bridgehead atoms. The summed E-state index contributed by atoms with van der Waals surface area (Å²) in [6.07, 6.45) is 0. The van der Waals surface area contributed by atoms with Crippen molar-refractivity contribution in [1.29, 1.82) is 0 Å². The van der Waals surface area contributed by atoms with Gasteiger partial charge in [0.2, 0.25) is 0 Å². The van der Waals surface area contributed by atoms with Crippen molar-refractivity contribution < 1.29 is 5.11 Å². The molecule has 0 spiro atoms. The van der Waals surface area contributed by atoms with Gasteiger partial charge in [-0.2, -0.15) is 0 Å². The Morgan fingerprint density at radius 3 is 2.94 bits per heavy atom. The molecule has 0 aliphatic heterocycles. The average Bonchev–Trinajstić information content (AvgIpc) is 2.25. The molecule has 0 unspecified atom stereocenters. The van der Waals surface area contributed by atoms with Gasteiger partial charge in [-0.1, -0.05) is 23.9 Å². The summed E-state index contributed by atoms with van der Waals surface area (Å²) < 4.78 is 0. The molecule has 0 saturated carbocycles. The summed E-state index contributed by atoms with van der Waals surface area (Å²) in [4.78, 5) is 17.7. The molecule has 17 heavy (non-hydrogen) atoms. The number of aromatic hydroxyl groups is 1. The zero-order valence-electron chi connectivity index (χ0n) is 8.88. The molecule has 0 aliphatic carbocycles. The van der Waals surface area contributed by atoms with E-state index in [-0.39, 0.29) is 17.1 Å². The highest BCUT2D eigenvalue weighted by atomic mass is 32.2. The third kappa shape index (κ3) is 3.25. The molecule has 5 nitrogen and oxygen atoms in total. The quantitative estimate of drug-likeness (QED) is 0.564. The molecule has 0 atom stereocenters. The smallest absolute Gasteiger partial charge is 0.253 e. The average molecular weight is 249 g/mol. The summed E-state index contributed by atoms with van der Waals surface area (Å²) in [5.41, 5.74) is 6.14. The van der Waals surface area contributed by atoms with Gasteiger partial charge in [-0.05, 0) is 17.7 Å². The number of H-pyrrole nitrogens is 1. The fourth-order valence-electron chi connectivity index (χ4n) is 1.32. The molecule has 2 rings (SSSR count). The van der Waals surface area contributed by atoms with Crippen LogP contribution in [-0.4, -0.2) is 15.1 Å². The molecule has 0 aliphatic rings. The van der Waals surface area contributed by atoms with Crippen molar-refractivity contribution in [2.24, 2.45) is 0 Å². The van der Waals surface area contributed by atoms with Crippen molar-refractivity contribution >= 4 is 17.6 Å². The molecular weight excluding hydrogens is 238 g/mol. The fraction of sp³-hybridized carbons (Fsp3) is 0.0909. The van der Waals surface area contributed by atoms with Crippen LogP contribution in [0.3, 0.4) is 0 Å². The van der Waals surface area contributed by atoms with Crippen LogP contribution in [0, 0.1) is 0 Å². The van der Waals surface area contributed by atoms with Crippen LogP contribution in [-0.2, 0) is 5.75 Å². The molecule has 6 heteroatoms. The number of anilines is 1. The highest BCUT2D eigenvalue weighted by Gasteiger charge is 2.01. The highest BCUT2D eigenvalue weighted by molar-refractivity contribution is 7.98. The zero-order valence-corrected chi connectivity index (χ0v) is 9.70. The lowest BCUT2D eigenvalue weighted by Gasteiger charge is -2.02. The van der Waals surface area contributed by atoms with E-state index >= 15 is 0 Å². The van der Waals surface area contributed by atoms with Crippen LogP contribution in [0.15, 0.2) is 40.3 Å². The van der Waals surface area contributed by atoms with Crippen LogP contribution in [0.2, 0.25) is 0 Å². The summed E-state index contributed by atoms with van der Waals surface area (Å²) in [7, 11) is 0. The number of nitrogen functional groups attached to an aromatic ring is 1. The molecular formula is C11H11N3O2S. The molecule has 1 aromatic heterocycles. The first kappa shape index (κ1) is 11.5. The maximum absolute atomic E-state index is 11.1. The van der Waals surface area contributed by atoms with Crippen LogP contribution in [0.1, 0.15) is 5.56 Å². The molecule has 0 radical (unpaired) electrons. The van der Waals surface area contributed by atoms with Gasteiger partial charge in [-0.15, -0.1) is 0 Å². The van der Waals surface area contributed by atoms with Crippen LogP contribution in [0.4, 0.5) is 5.82 Å². The van der Waals surface area contributed by atoms with Crippen molar-refractivity contribution in [2.75, 3.05) is 5.73 Å². The lowest BCUT2D eigenvalue weighted by atomic mass is 10.2. The standard InChI is InChI=1S/C11H11N3O2S/c12-9-5-10(16)14-11(13-9)17-6-7-2-1-3-8(15)4-7/h1-5,15H,6H2,(H3,12,13,14,16). The van der Waals surface area contributed by atoms with Gasteiger partial charge in [0.05, 0.1) is 0 Å². The first-order valence-corrected chi connectivity index (χ1v) is 5.89. The summed E-state index contributed by atoms with van der Waals surface area (Å²) in [5.74, 6) is 1.02. The SMILES string of the molecule is Nc1cc(=O)[nH]c(SCc2cccc(O)c2)n1. The number of aromatic amines is 1. The topological polar surface area (TPSA) is 92.0 Å². The van der Waals surface area contributed by atoms with Crippen molar-refractivity contribution in [2.45, 2.75) is 10.9 Å². The van der Waals surface area contributed by atoms with E-state index in [0.717, 1.165) is 5.56 Å². The van der Waals surface area contributed by atoms with Crippen molar-refractivity contribution in [3.8, 4) is 5.75 Å². The first-order valence-electron chi connectivity index (χ1n) is 4.91. The Hall–Kier alpha value is -1.95. The minimum atomic E-state index is -0.268. The van der Waals surface area contributed by atoms with Crippen molar-refractivity contribution in [3.05, 3.63) is 46.2 Å². The molecule has 0 amide bonds. The molecule has 88 valence electrons. The number of phenolic OH excluding ortho intramolecular Hbond substituents is 1. The first-order chi connectivity index (χ1) is 8.13. The molecule has 1 heterocycles. The van der Waals surface area contributed by atoms with E-state index in [1.54, 1.807) is 18.2 Å². The predicted octanol–water partition coefficient (Wildman–Crippen LogP) is 1.35. The second kappa shape index (κ2) is 4.92. The second-order valence-corrected chi connectivity index (χ2v) is 4.40. The number of benzene rings is 1. The third-order valence-electron chi connectivity index (χ3n) is 2.03. The van der Waals surface area contributed by atoms with Gasteiger partial charge in [-0.3, -0.25) is 4.79 Å². The van der Waals surface area contributed by atoms with E-state index in [4.69, 9.17) is 5.73 Å². The van der Waals surface area contributed by atoms with Gasteiger partial charge in [0.25, 0.3) is 5.56 Å². The van der Waals surface area contributed by atoms with Gasteiger partial charge >= 0.3 is 0 Å². The maximum atomic E-state index is 11.1. The number of phenols is 1. The number of aromatic nitrogens is 2. The van der Waals surface area contributed by atoms with Gasteiger partial charge in [-0.25, -0.2) is 4.98 Å². The fourth-order valence-corrected chi connectivity index (χ4v) is 2.15. The molecule has 0 fully saturated rings. The number of hydrogen-bond acceptors (Lipinski definition) is 5. The Kier molecular flexibility index (Phi) is 3.34. The minimum absolute atomic E-state index is 0.201. The minimum Gasteiger partial charge on any atom is -0.508 e. The van der Waals surface area contributed by atoms with E-state index in [1.807, 2.05) is 6.07 Å². The Bertz CT molecular complexity index is 583. The number of thioether (sulfide) groups is 1. The number of rotatable bonds is 3. The number of nitrogens with one attached hydrogen (secondary N) is 1. The predicted molar refractivity (Wildman–Crippen MR) is 66.9 cm³/mol. The largest absolute Gasteiger partial charge is 0.508 e. The summed E-state index contributed by atoms with van der Waals surface area (Å²) in [6, 6.07) is 8.16. The zero-order chi connectivity index (χ0) is 12.3. The van der Waals surface area contributed by atoms with E-state index in [0.29, 0.717) is 10.9 Å². The van der Waals surface area contributed by atoms with E-state index in [1.165, 1.54) is 17.8 Å². The Morgan fingerprint density at radius 1 is 1.41 bits per heavy atom. The van der Waals surface area contributed by atoms with E-state index in [9.17, 15) is 9.90 Å². The summed E-state index contributed by atoms with van der Waals surface area (Å²) >= 11 is 1.35. The molecule has 0 saturated heterocycles. The number of nitrogens with zero attached hydrogens (tertiary/aromatic N) is 1. The van der Waals surface area contributed by atoms with E-state index < -0.39 is 0 Å². The Morgan fingerprint density at radius 2 is 2.24 bits per heavy atom. The molecule has 1 aromatic carbocycles. The monoisotopic (exact) mass is 249 g/mol. The van der Waals surface area contributed by atoms with Crippen LogP contribution < -0.4 is 11.3 Å². The van der Waals surface area contributed by atoms with E-state index in [2.05, 4.69) is 9.97 Å². The van der Waals surface area contributed by atoms with Gasteiger partial charge in [0.1, 0.15) is 11.6 Å². The number of hydrogen-bond donors (Lipinski definition) is 3. The number of nitrogens with two attached hydrogens (primary N) is 1. The normalized spacial score (nSPS) is 10.4. The summed E-state index contributed by atoms with van der Waals surface area (Å²) in [5, 5.41) is 9.77. The lowest BCUT2D eigenvalue weighted by molar-refractivity contribution is 0.475. The van der Waals surface area contributed by atoms with Crippen LogP contribution in [0.25, 0.3) is 0 Å². The lowest BCUT2D eigenvalue weighted by Crippen LogP contribution is -2.09. The Labute approximate surface area is 102 Å². The molecule has 2 aromatic rings. The van der Waals surface area contributed by atoms with Gasteiger partial charge in [0, 0.05) is 11.8 Å². The van der Waals surface area contributed by atoms with Crippen LogP contribution >= 0.6 is 11.8 Å². The van der Waals surface area contributed by atoms with Gasteiger partial charge < -0.3 is 15.8 Å². The van der Waals surface area contributed by atoms with Crippen LogP contribution in [0.5, 0.6) is 5.75 Å².